The second kappa shape index (κ2) is 9.57. The Morgan fingerprint density at radius 2 is 1.11 bits per heavy atom. The van der Waals surface area contributed by atoms with Gasteiger partial charge in [-0.15, -0.1) is 22.7 Å². The Labute approximate surface area is 265 Å². The molecule has 0 aliphatic carbocycles. The lowest BCUT2D eigenvalue weighted by molar-refractivity contribution is 0.653. The van der Waals surface area contributed by atoms with Crippen molar-refractivity contribution in [2.45, 2.75) is 0 Å². The minimum absolute atomic E-state index is 0.551. The number of rotatable bonds is 3. The highest BCUT2D eigenvalue weighted by atomic mass is 32.1. The lowest BCUT2D eigenvalue weighted by Gasteiger charge is -2.07. The molecule has 0 radical (unpaired) electrons. The molecule has 5 heteroatoms. The van der Waals surface area contributed by atoms with Crippen LogP contribution in [0.25, 0.3) is 96.1 Å². The fraction of sp³-hybridized carbons (Fsp3) is 0. The molecule has 0 N–H and O–H groups in total. The summed E-state index contributed by atoms with van der Waals surface area (Å²) in [5.74, 6) is 0. The molecule has 0 spiro atoms. The molecule has 3 nitrogen and oxygen atoms in total. The van der Waals surface area contributed by atoms with Gasteiger partial charge in [-0.3, -0.25) is 0 Å². The van der Waals surface area contributed by atoms with Crippen molar-refractivity contribution in [3.05, 3.63) is 134 Å². The normalized spacial score (nSPS) is 12.0. The van der Waals surface area contributed by atoms with E-state index in [1.54, 1.807) is 0 Å². The van der Waals surface area contributed by atoms with Crippen molar-refractivity contribution in [3.63, 3.8) is 0 Å². The van der Waals surface area contributed by atoms with Crippen LogP contribution >= 0.6 is 22.7 Å². The third-order valence-electron chi connectivity index (χ3n) is 8.78. The molecule has 0 saturated carbocycles. The zero-order chi connectivity index (χ0) is 29.5. The molecular weight excluding hydrogens is 589 g/mol. The monoisotopic (exact) mass is 610 g/mol. The number of thiophene rings is 2. The van der Waals surface area contributed by atoms with Gasteiger partial charge in [-0.05, 0) is 41.0 Å². The highest BCUT2D eigenvalue weighted by Crippen LogP contribution is 2.44. The predicted octanol–water partition coefficient (Wildman–Crippen LogP) is 12.1. The van der Waals surface area contributed by atoms with Crippen molar-refractivity contribution >= 4 is 85.2 Å². The summed E-state index contributed by atoms with van der Waals surface area (Å²) in [6.45, 7) is 0. The lowest BCUT2D eigenvalue weighted by Crippen LogP contribution is -1.88. The SMILES string of the molecule is c1cc(-c2cnc3c(n2)oc2cccc(-c4cccc5c4sc4ccccc45)c23)cc(-c2cccc3c2sc2ccccc23)c1. The number of hydrogen-bond donors (Lipinski definition) is 0. The Balaban J connectivity index is 1.12. The quantitative estimate of drug-likeness (QED) is 0.200. The second-order valence-corrected chi connectivity index (χ2v) is 13.4. The van der Waals surface area contributed by atoms with E-state index in [0.717, 1.165) is 38.9 Å². The summed E-state index contributed by atoms with van der Waals surface area (Å²) in [6, 6.07) is 45.2. The standard InChI is InChI=1S/C40H22N2OS2/c1-3-19-34-26(11-1)29-15-6-13-25(38(29)44-34)23-9-5-10-24(21-23)32-22-41-37-36-28(14-8-18-33(36)43-40(37)42-32)31-17-7-16-30-27-12-2-4-20-35(27)45-39(30)31/h1-22H. The van der Waals surface area contributed by atoms with Gasteiger partial charge in [-0.1, -0.05) is 103 Å². The topological polar surface area (TPSA) is 38.9 Å². The molecule has 0 unspecified atom stereocenters. The van der Waals surface area contributed by atoms with Gasteiger partial charge in [0.1, 0.15) is 11.1 Å². The molecule has 0 aliphatic heterocycles. The molecular formula is C40H22N2OS2. The van der Waals surface area contributed by atoms with Gasteiger partial charge in [0.2, 0.25) is 5.71 Å². The third kappa shape index (κ3) is 3.75. The molecule has 0 saturated heterocycles. The Kier molecular flexibility index (Phi) is 5.32. The summed E-state index contributed by atoms with van der Waals surface area (Å²) in [5.41, 5.74) is 8.63. The number of fused-ring (bicyclic) bond motifs is 9. The van der Waals surface area contributed by atoms with Crippen LogP contribution in [0, 0.1) is 0 Å². The van der Waals surface area contributed by atoms with Gasteiger partial charge in [0.15, 0.2) is 0 Å². The maximum Gasteiger partial charge on any atom is 0.246 e. The number of benzene rings is 6. The van der Waals surface area contributed by atoms with E-state index in [4.69, 9.17) is 14.4 Å². The van der Waals surface area contributed by atoms with Crippen LogP contribution < -0.4 is 0 Å². The Hall–Kier alpha value is -5.36. The van der Waals surface area contributed by atoms with Crippen molar-refractivity contribution in [2.24, 2.45) is 0 Å². The molecule has 10 aromatic rings. The van der Waals surface area contributed by atoms with E-state index in [1.165, 1.54) is 51.5 Å². The van der Waals surface area contributed by atoms with Crippen molar-refractivity contribution in [2.75, 3.05) is 0 Å². The second-order valence-electron chi connectivity index (χ2n) is 11.3. The fourth-order valence-corrected chi connectivity index (χ4v) is 9.19. The van der Waals surface area contributed by atoms with Gasteiger partial charge in [-0.2, -0.15) is 0 Å². The first-order chi connectivity index (χ1) is 22.3. The van der Waals surface area contributed by atoms with Crippen molar-refractivity contribution in [1.29, 1.82) is 0 Å². The lowest BCUT2D eigenvalue weighted by atomic mass is 9.99. The van der Waals surface area contributed by atoms with Crippen molar-refractivity contribution in [1.82, 2.24) is 9.97 Å². The maximum atomic E-state index is 6.39. The summed E-state index contributed by atoms with van der Waals surface area (Å²) >= 11 is 3.68. The molecule has 210 valence electrons. The van der Waals surface area contributed by atoms with Crippen LogP contribution in [0.15, 0.2) is 138 Å². The van der Waals surface area contributed by atoms with Gasteiger partial charge >= 0.3 is 0 Å². The van der Waals surface area contributed by atoms with E-state index in [9.17, 15) is 0 Å². The molecule has 0 aliphatic rings. The van der Waals surface area contributed by atoms with Gasteiger partial charge in [0.05, 0.1) is 17.3 Å². The van der Waals surface area contributed by atoms with Gasteiger partial charge in [0.25, 0.3) is 0 Å². The molecule has 10 rings (SSSR count). The first-order valence-electron chi connectivity index (χ1n) is 14.9. The maximum absolute atomic E-state index is 6.39. The Bertz CT molecular complexity index is 2780. The highest BCUT2D eigenvalue weighted by molar-refractivity contribution is 7.26. The number of aromatic nitrogens is 2. The average Bonchev–Trinajstić information content (AvgIpc) is 3.79. The minimum Gasteiger partial charge on any atom is -0.436 e. The van der Waals surface area contributed by atoms with Crippen molar-refractivity contribution < 1.29 is 4.42 Å². The van der Waals surface area contributed by atoms with Crippen LogP contribution in [0.4, 0.5) is 0 Å². The van der Waals surface area contributed by atoms with Crippen LogP contribution in [0.5, 0.6) is 0 Å². The first-order valence-corrected chi connectivity index (χ1v) is 16.5. The van der Waals surface area contributed by atoms with Gasteiger partial charge < -0.3 is 4.42 Å². The molecule has 0 bridgehead atoms. The largest absolute Gasteiger partial charge is 0.436 e. The molecule has 6 aromatic carbocycles. The van der Waals surface area contributed by atoms with Crippen LogP contribution in [-0.2, 0) is 0 Å². The number of hydrogen-bond acceptors (Lipinski definition) is 5. The van der Waals surface area contributed by atoms with E-state index in [-0.39, 0.29) is 0 Å². The predicted molar refractivity (Wildman–Crippen MR) is 191 cm³/mol. The molecule has 45 heavy (non-hydrogen) atoms. The zero-order valence-corrected chi connectivity index (χ0v) is 25.5. The van der Waals surface area contributed by atoms with E-state index < -0.39 is 0 Å². The summed E-state index contributed by atoms with van der Waals surface area (Å²) in [6.07, 6.45) is 1.88. The van der Waals surface area contributed by atoms with Crippen LogP contribution in [0.3, 0.4) is 0 Å². The Morgan fingerprint density at radius 1 is 0.511 bits per heavy atom. The Morgan fingerprint density at radius 3 is 1.89 bits per heavy atom. The summed E-state index contributed by atoms with van der Waals surface area (Å²) in [5, 5.41) is 6.17. The average molecular weight is 611 g/mol. The summed E-state index contributed by atoms with van der Waals surface area (Å²) in [7, 11) is 0. The van der Waals surface area contributed by atoms with Gasteiger partial charge in [-0.25, -0.2) is 9.97 Å². The van der Waals surface area contributed by atoms with E-state index in [1.807, 2.05) is 34.9 Å². The summed E-state index contributed by atoms with van der Waals surface area (Å²) < 4.78 is 11.6. The van der Waals surface area contributed by atoms with E-state index in [2.05, 4.69) is 121 Å². The molecule has 0 amide bonds. The fourth-order valence-electron chi connectivity index (χ4n) is 6.72. The van der Waals surface area contributed by atoms with E-state index >= 15 is 0 Å². The number of nitrogens with zero attached hydrogens (tertiary/aromatic N) is 2. The third-order valence-corrected chi connectivity index (χ3v) is 11.2. The number of furan rings is 1. The molecule has 4 heterocycles. The molecule has 0 atom stereocenters. The van der Waals surface area contributed by atoms with Gasteiger partial charge in [0, 0.05) is 51.5 Å². The van der Waals surface area contributed by atoms with Crippen LogP contribution in [0.2, 0.25) is 0 Å². The highest BCUT2D eigenvalue weighted by Gasteiger charge is 2.19. The zero-order valence-electron chi connectivity index (χ0n) is 23.8. The van der Waals surface area contributed by atoms with Crippen LogP contribution in [0.1, 0.15) is 0 Å². The molecule has 0 fully saturated rings. The van der Waals surface area contributed by atoms with Crippen molar-refractivity contribution in [3.8, 4) is 33.5 Å². The smallest absolute Gasteiger partial charge is 0.246 e. The van der Waals surface area contributed by atoms with Crippen LogP contribution in [-0.4, -0.2) is 9.97 Å². The summed E-state index contributed by atoms with van der Waals surface area (Å²) in [4.78, 5) is 10.0. The van der Waals surface area contributed by atoms with E-state index in [0.29, 0.717) is 5.71 Å². The first kappa shape index (κ1) is 25.0. The molecule has 4 aromatic heterocycles. The minimum atomic E-state index is 0.551.